The Hall–Kier alpha value is -4.11. The second kappa shape index (κ2) is 11.4. The predicted molar refractivity (Wildman–Crippen MR) is 168 cm³/mol. The average molecular weight is 633 g/mol. The zero-order valence-corrected chi connectivity index (χ0v) is 25.3. The Balaban J connectivity index is 1.02. The quantitative estimate of drug-likeness (QED) is 0.254. The lowest BCUT2D eigenvalue weighted by Gasteiger charge is -2.40. The summed E-state index contributed by atoms with van der Waals surface area (Å²) in [7, 11) is 0. The van der Waals surface area contributed by atoms with Gasteiger partial charge >= 0.3 is 6.18 Å². The van der Waals surface area contributed by atoms with Crippen molar-refractivity contribution >= 4 is 40.0 Å². The first-order valence-corrected chi connectivity index (χ1v) is 15.7. The maximum atomic E-state index is 13.7. The first-order chi connectivity index (χ1) is 21.6. The van der Waals surface area contributed by atoms with Crippen molar-refractivity contribution in [2.24, 2.45) is 5.41 Å². The molecule has 2 aliphatic heterocycles. The Kier molecular flexibility index (Phi) is 7.47. The number of fused-ring (bicyclic) bond motifs is 2. The van der Waals surface area contributed by atoms with Gasteiger partial charge in [-0.2, -0.15) is 13.2 Å². The van der Waals surface area contributed by atoms with Crippen molar-refractivity contribution in [1.29, 1.82) is 0 Å². The fraction of sp³-hybridized carbons (Fsp3) is 0.343. The molecule has 3 aromatic carbocycles. The first kappa shape index (κ1) is 29.6. The number of likely N-dealkylation sites (tertiary alicyclic amines) is 1. The summed E-state index contributed by atoms with van der Waals surface area (Å²) in [6.45, 7) is 2.71. The number of aryl methyl sites for hydroxylation is 1. The standard InChI is InChI=1S/C35H32ClF3N4O2/c36-28-7-2-1-4-24(28)32(44)41-29-11-10-22-8-9-23(20-26(22)29)33(45)43-19-15-34(21-43)13-17-42(18-14-34)30-12-16-40-31-25(30)5-3-6-27(31)35(37,38)39/h1-9,12,16,20,29H,10-11,13-15,17-19,21H2,(H,41,44). The summed E-state index contributed by atoms with van der Waals surface area (Å²) < 4.78 is 40.9. The number of halogens is 4. The number of rotatable bonds is 4. The van der Waals surface area contributed by atoms with Crippen LogP contribution in [0.3, 0.4) is 0 Å². The van der Waals surface area contributed by atoms with Gasteiger partial charge in [0.15, 0.2) is 0 Å². The molecule has 0 radical (unpaired) electrons. The van der Waals surface area contributed by atoms with Crippen molar-refractivity contribution in [2.45, 2.75) is 44.3 Å². The molecule has 1 aliphatic carbocycles. The molecule has 4 aromatic rings. The fourth-order valence-electron chi connectivity index (χ4n) is 7.35. The van der Waals surface area contributed by atoms with E-state index in [1.807, 2.05) is 23.1 Å². The van der Waals surface area contributed by atoms with E-state index >= 15 is 0 Å². The van der Waals surface area contributed by atoms with Gasteiger partial charge in [0.2, 0.25) is 0 Å². The normalized spacial score (nSPS) is 19.2. The Labute approximate surface area is 264 Å². The lowest BCUT2D eigenvalue weighted by Crippen LogP contribution is -2.42. The van der Waals surface area contributed by atoms with Crippen molar-refractivity contribution in [1.82, 2.24) is 15.2 Å². The SMILES string of the molecule is O=C(NC1CCc2ccc(C(=O)N3CCC4(CCN(c5ccnc6c(C(F)(F)F)cccc56)CC4)C3)cc21)c1ccccc1Cl. The molecule has 2 saturated heterocycles. The van der Waals surface area contributed by atoms with Crippen LogP contribution in [0.4, 0.5) is 18.9 Å². The van der Waals surface area contributed by atoms with E-state index in [1.54, 1.807) is 36.4 Å². The number of piperidine rings is 1. The number of anilines is 1. The molecule has 6 nitrogen and oxygen atoms in total. The van der Waals surface area contributed by atoms with Crippen LogP contribution in [0.25, 0.3) is 10.9 Å². The highest BCUT2D eigenvalue weighted by Crippen LogP contribution is 2.44. The van der Waals surface area contributed by atoms with Gasteiger partial charge in [0, 0.05) is 49.0 Å². The van der Waals surface area contributed by atoms with E-state index in [1.165, 1.54) is 12.3 Å². The highest BCUT2D eigenvalue weighted by molar-refractivity contribution is 6.33. The molecule has 232 valence electrons. The van der Waals surface area contributed by atoms with Crippen LogP contribution < -0.4 is 10.2 Å². The zero-order chi connectivity index (χ0) is 31.3. The highest BCUT2D eigenvalue weighted by atomic mass is 35.5. The van der Waals surface area contributed by atoms with Crippen LogP contribution in [0.2, 0.25) is 5.02 Å². The van der Waals surface area contributed by atoms with Gasteiger partial charge in [0.1, 0.15) is 0 Å². The number of hydrogen-bond donors (Lipinski definition) is 1. The monoisotopic (exact) mass is 632 g/mol. The van der Waals surface area contributed by atoms with Gasteiger partial charge in [-0.15, -0.1) is 0 Å². The molecule has 3 heterocycles. The number of nitrogens with one attached hydrogen (secondary N) is 1. The van der Waals surface area contributed by atoms with Crippen molar-refractivity contribution in [3.63, 3.8) is 0 Å². The molecule has 1 aromatic heterocycles. The van der Waals surface area contributed by atoms with E-state index in [0.29, 0.717) is 47.7 Å². The smallest absolute Gasteiger partial charge is 0.371 e. The van der Waals surface area contributed by atoms with E-state index in [9.17, 15) is 22.8 Å². The molecule has 1 N–H and O–H groups in total. The molecule has 0 saturated carbocycles. The lowest BCUT2D eigenvalue weighted by molar-refractivity contribution is -0.136. The molecule has 2 amide bonds. The topological polar surface area (TPSA) is 65.5 Å². The fourth-order valence-corrected chi connectivity index (χ4v) is 7.58. The van der Waals surface area contributed by atoms with Gasteiger partial charge in [0.05, 0.1) is 27.7 Å². The average Bonchev–Trinajstić information content (AvgIpc) is 3.64. The number of carbonyl (C=O) groups is 2. The Morgan fingerprint density at radius 2 is 1.73 bits per heavy atom. The number of aromatic nitrogens is 1. The van der Waals surface area contributed by atoms with E-state index in [-0.39, 0.29) is 28.8 Å². The predicted octanol–water partition coefficient (Wildman–Crippen LogP) is 7.46. The number of para-hydroxylation sites is 1. The third kappa shape index (κ3) is 5.52. The molecule has 7 rings (SSSR count). The molecule has 3 aliphatic rings. The van der Waals surface area contributed by atoms with Crippen LogP contribution >= 0.6 is 11.6 Å². The minimum Gasteiger partial charge on any atom is -0.371 e. The molecule has 0 bridgehead atoms. The summed E-state index contributed by atoms with van der Waals surface area (Å²) in [5, 5.41) is 4.00. The van der Waals surface area contributed by atoms with Crippen LogP contribution in [-0.4, -0.2) is 47.9 Å². The number of alkyl halides is 3. The van der Waals surface area contributed by atoms with Crippen LogP contribution in [0.15, 0.2) is 72.9 Å². The molecule has 1 atom stereocenters. The third-order valence-corrected chi connectivity index (χ3v) is 10.2. The molecular formula is C35H32ClF3N4O2. The lowest BCUT2D eigenvalue weighted by atomic mass is 9.77. The molecule has 45 heavy (non-hydrogen) atoms. The number of pyridine rings is 1. The summed E-state index contributed by atoms with van der Waals surface area (Å²) in [4.78, 5) is 34.8. The highest BCUT2D eigenvalue weighted by Gasteiger charge is 2.43. The summed E-state index contributed by atoms with van der Waals surface area (Å²) in [6.07, 6.45) is 1.16. The van der Waals surface area contributed by atoms with Gasteiger partial charge in [-0.05, 0) is 85.0 Å². The van der Waals surface area contributed by atoms with Gasteiger partial charge in [-0.1, -0.05) is 41.9 Å². The molecule has 1 spiro atoms. The van der Waals surface area contributed by atoms with Gasteiger partial charge in [0.25, 0.3) is 11.8 Å². The Bertz CT molecular complexity index is 1800. The van der Waals surface area contributed by atoms with Crippen LogP contribution in [0.1, 0.15) is 69.1 Å². The second-order valence-corrected chi connectivity index (χ2v) is 12.9. The van der Waals surface area contributed by atoms with Crippen molar-refractivity contribution in [3.05, 3.63) is 106 Å². The number of hydrogen-bond acceptors (Lipinski definition) is 4. The maximum absolute atomic E-state index is 13.7. The van der Waals surface area contributed by atoms with Crippen LogP contribution in [0, 0.1) is 5.41 Å². The minimum atomic E-state index is -4.47. The zero-order valence-electron chi connectivity index (χ0n) is 24.5. The Morgan fingerprint density at radius 3 is 2.51 bits per heavy atom. The molecule has 2 fully saturated rings. The van der Waals surface area contributed by atoms with Gasteiger partial charge in [-0.25, -0.2) is 0 Å². The van der Waals surface area contributed by atoms with Crippen LogP contribution in [-0.2, 0) is 12.6 Å². The minimum absolute atomic E-state index is 0.0139. The van der Waals surface area contributed by atoms with Crippen molar-refractivity contribution in [3.8, 4) is 0 Å². The van der Waals surface area contributed by atoms with E-state index < -0.39 is 11.7 Å². The number of amides is 2. The number of benzene rings is 3. The summed E-state index contributed by atoms with van der Waals surface area (Å²) in [5.41, 5.74) is 3.15. The first-order valence-electron chi connectivity index (χ1n) is 15.3. The summed E-state index contributed by atoms with van der Waals surface area (Å²) in [6, 6.07) is 18.6. The van der Waals surface area contributed by atoms with E-state index in [4.69, 9.17) is 11.6 Å². The molecular weight excluding hydrogens is 601 g/mol. The largest absolute Gasteiger partial charge is 0.418 e. The van der Waals surface area contributed by atoms with Crippen molar-refractivity contribution < 1.29 is 22.8 Å². The summed E-state index contributed by atoms with van der Waals surface area (Å²) in [5.74, 6) is -0.247. The number of carbonyl (C=O) groups excluding carboxylic acids is 2. The van der Waals surface area contributed by atoms with E-state index in [2.05, 4.69) is 15.2 Å². The third-order valence-electron chi connectivity index (χ3n) is 9.84. The van der Waals surface area contributed by atoms with Gasteiger partial charge < -0.3 is 15.1 Å². The summed E-state index contributed by atoms with van der Waals surface area (Å²) >= 11 is 6.24. The number of nitrogens with zero attached hydrogens (tertiary/aromatic N) is 3. The Morgan fingerprint density at radius 1 is 0.956 bits per heavy atom. The van der Waals surface area contributed by atoms with Crippen LogP contribution in [0.5, 0.6) is 0 Å². The van der Waals surface area contributed by atoms with E-state index in [0.717, 1.165) is 55.0 Å². The van der Waals surface area contributed by atoms with Gasteiger partial charge in [-0.3, -0.25) is 14.6 Å². The molecule has 1 unspecified atom stereocenters. The van der Waals surface area contributed by atoms with Crippen molar-refractivity contribution in [2.75, 3.05) is 31.1 Å². The second-order valence-electron chi connectivity index (χ2n) is 12.5. The maximum Gasteiger partial charge on any atom is 0.418 e. The molecule has 10 heteroatoms.